The molecule has 2 aromatic carbocycles. The first-order chi connectivity index (χ1) is 12.4. The maximum Gasteiger partial charge on any atom is 0.451 e. The Morgan fingerprint density at radius 2 is 1.69 bits per heavy atom. The highest BCUT2D eigenvalue weighted by Gasteiger charge is 2.53. The molecule has 5 nitrogen and oxygen atoms in total. The molecule has 2 heterocycles. The van der Waals surface area contributed by atoms with E-state index < -0.39 is 29.6 Å². The van der Waals surface area contributed by atoms with E-state index in [1.165, 1.54) is 18.2 Å². The summed E-state index contributed by atoms with van der Waals surface area (Å²) in [6, 6.07) is 14.9. The minimum atomic E-state index is -4.84. The third-order valence-corrected chi connectivity index (χ3v) is 4.29. The van der Waals surface area contributed by atoms with E-state index in [2.05, 4.69) is 4.98 Å². The summed E-state index contributed by atoms with van der Waals surface area (Å²) >= 11 is 0. The van der Waals surface area contributed by atoms with Crippen molar-refractivity contribution in [3.8, 4) is 6.07 Å². The Morgan fingerprint density at radius 1 is 1.04 bits per heavy atom. The summed E-state index contributed by atoms with van der Waals surface area (Å²) in [7, 11) is 0. The fourth-order valence-electron chi connectivity index (χ4n) is 3.11. The van der Waals surface area contributed by atoms with Gasteiger partial charge in [-0.15, -0.1) is 0 Å². The molecule has 2 atom stereocenters. The van der Waals surface area contributed by atoms with E-state index in [1.807, 2.05) is 6.07 Å². The quantitative estimate of drug-likeness (QED) is 0.663. The van der Waals surface area contributed by atoms with Gasteiger partial charge in [-0.25, -0.2) is 4.98 Å². The van der Waals surface area contributed by atoms with Crippen LogP contribution in [0.15, 0.2) is 59.4 Å². The van der Waals surface area contributed by atoms with E-state index in [4.69, 9.17) is 0 Å². The van der Waals surface area contributed by atoms with Crippen LogP contribution in [0.5, 0.6) is 0 Å². The van der Waals surface area contributed by atoms with Gasteiger partial charge in [-0.1, -0.05) is 42.5 Å². The smallest absolute Gasteiger partial charge is 0.278 e. The maximum atomic E-state index is 13.6. The largest absolute Gasteiger partial charge is 0.451 e. The van der Waals surface area contributed by atoms with Gasteiger partial charge in [-0.2, -0.15) is 23.1 Å². The first-order valence-corrected chi connectivity index (χ1v) is 7.75. The average molecular weight is 356 g/mol. The normalized spacial score (nSPS) is 19.4. The minimum Gasteiger partial charge on any atom is -0.278 e. The summed E-state index contributed by atoms with van der Waals surface area (Å²) < 4.78 is 41.2. The highest BCUT2D eigenvalue weighted by atomic mass is 19.4. The van der Waals surface area contributed by atoms with Gasteiger partial charge in [0.05, 0.1) is 17.0 Å². The summed E-state index contributed by atoms with van der Waals surface area (Å²) in [4.78, 5) is 16.4. The Hall–Kier alpha value is -3.34. The van der Waals surface area contributed by atoms with Gasteiger partial charge >= 0.3 is 6.18 Å². The number of benzene rings is 2. The zero-order chi connectivity index (χ0) is 18.5. The van der Waals surface area contributed by atoms with Crippen molar-refractivity contribution in [3.63, 3.8) is 0 Å². The Morgan fingerprint density at radius 3 is 2.35 bits per heavy atom. The van der Waals surface area contributed by atoms with Gasteiger partial charge in [0, 0.05) is 0 Å². The molecule has 130 valence electrons. The highest BCUT2D eigenvalue weighted by Crippen LogP contribution is 2.42. The number of nitriles is 1. The van der Waals surface area contributed by atoms with Crippen LogP contribution in [0.2, 0.25) is 0 Å². The third-order valence-electron chi connectivity index (χ3n) is 4.29. The Bertz CT molecular complexity index is 1090. The Kier molecular flexibility index (Phi) is 3.47. The van der Waals surface area contributed by atoms with Crippen LogP contribution < -0.4 is 10.6 Å². The number of aromatic nitrogens is 2. The molecular weight excluding hydrogens is 345 g/mol. The van der Waals surface area contributed by atoms with Gasteiger partial charge in [0.25, 0.3) is 5.56 Å². The number of hydrogen-bond donors (Lipinski definition) is 0. The van der Waals surface area contributed by atoms with Crippen LogP contribution in [-0.2, 0) is 6.18 Å². The van der Waals surface area contributed by atoms with Crippen molar-refractivity contribution >= 4 is 10.9 Å². The molecule has 1 aliphatic heterocycles. The van der Waals surface area contributed by atoms with Gasteiger partial charge in [-0.3, -0.25) is 9.80 Å². The van der Waals surface area contributed by atoms with Gasteiger partial charge < -0.3 is 0 Å². The topological polar surface area (TPSA) is 61.7 Å². The predicted molar refractivity (Wildman–Crippen MR) is 87.8 cm³/mol. The van der Waals surface area contributed by atoms with E-state index in [0.29, 0.717) is 10.2 Å². The van der Waals surface area contributed by atoms with E-state index in [-0.39, 0.29) is 10.9 Å². The van der Waals surface area contributed by atoms with Crippen LogP contribution in [0, 0.1) is 11.3 Å². The van der Waals surface area contributed by atoms with Crippen LogP contribution in [0.3, 0.4) is 0 Å². The number of halogens is 3. The molecule has 0 amide bonds. The lowest BCUT2D eigenvalue weighted by molar-refractivity contribution is -0.147. The molecule has 0 saturated carbocycles. The second-order valence-corrected chi connectivity index (χ2v) is 5.88. The van der Waals surface area contributed by atoms with Crippen molar-refractivity contribution in [1.82, 2.24) is 9.66 Å². The van der Waals surface area contributed by atoms with Gasteiger partial charge in [0.15, 0.2) is 6.04 Å². The van der Waals surface area contributed by atoms with Gasteiger partial charge in [0.1, 0.15) is 6.04 Å². The van der Waals surface area contributed by atoms with Crippen LogP contribution in [0.4, 0.5) is 13.2 Å². The molecule has 1 saturated heterocycles. The zero-order valence-corrected chi connectivity index (χ0v) is 13.2. The number of rotatable bonds is 2. The van der Waals surface area contributed by atoms with Crippen LogP contribution >= 0.6 is 0 Å². The number of alkyl halides is 3. The van der Waals surface area contributed by atoms with Crippen LogP contribution in [-0.4, -0.2) is 15.7 Å². The van der Waals surface area contributed by atoms with Crippen LogP contribution in [0.1, 0.15) is 17.4 Å². The van der Waals surface area contributed by atoms with Crippen molar-refractivity contribution in [3.05, 3.63) is 76.3 Å². The minimum absolute atomic E-state index is 0.0345. The van der Waals surface area contributed by atoms with Crippen molar-refractivity contribution in [2.75, 3.05) is 5.01 Å². The summed E-state index contributed by atoms with van der Waals surface area (Å²) in [6.07, 6.45) is -4.84. The molecular formula is C18H11F3N4O. The molecule has 1 fully saturated rings. The average Bonchev–Trinajstić information content (AvgIpc) is 3.35. The lowest BCUT2D eigenvalue weighted by Gasteiger charge is -2.17. The second-order valence-electron chi connectivity index (χ2n) is 5.88. The number of para-hydroxylation sites is 1. The molecule has 4 rings (SSSR count). The zero-order valence-electron chi connectivity index (χ0n) is 13.2. The fourth-order valence-corrected chi connectivity index (χ4v) is 3.11. The lowest BCUT2D eigenvalue weighted by atomic mass is 10.1. The molecule has 0 radical (unpaired) electrons. The first kappa shape index (κ1) is 16.1. The number of nitrogens with zero attached hydrogens (tertiary/aromatic N) is 4. The second kappa shape index (κ2) is 5.59. The van der Waals surface area contributed by atoms with E-state index >= 15 is 0 Å². The number of fused-ring (bicyclic) bond motifs is 1. The van der Waals surface area contributed by atoms with E-state index in [9.17, 15) is 23.2 Å². The molecule has 0 spiro atoms. The van der Waals surface area contributed by atoms with E-state index in [1.54, 1.807) is 36.4 Å². The van der Waals surface area contributed by atoms with Crippen LogP contribution in [0.25, 0.3) is 10.9 Å². The summed E-state index contributed by atoms with van der Waals surface area (Å²) in [5.41, 5.74) is -0.221. The summed E-state index contributed by atoms with van der Waals surface area (Å²) in [5.74, 6) is -1.33. The van der Waals surface area contributed by atoms with Gasteiger partial charge in [-0.05, 0) is 17.7 Å². The van der Waals surface area contributed by atoms with E-state index in [0.717, 1.165) is 5.01 Å². The molecule has 8 heteroatoms. The summed E-state index contributed by atoms with van der Waals surface area (Å²) in [5, 5.41) is 10.5. The first-order valence-electron chi connectivity index (χ1n) is 7.75. The third kappa shape index (κ3) is 2.40. The standard InChI is InChI=1S/C18H11F3N4O/c19-18(20,21)17-23-13-9-5-4-8-12(13)16(26)25(17)24-14(10-22)15(24)11-6-2-1-3-7-11/h1-9,14-15H. The Balaban J connectivity index is 1.95. The monoisotopic (exact) mass is 356 g/mol. The maximum absolute atomic E-state index is 13.6. The Labute approximate surface area is 145 Å². The van der Waals surface area contributed by atoms with Crippen molar-refractivity contribution in [2.24, 2.45) is 0 Å². The molecule has 0 bridgehead atoms. The molecule has 3 aromatic rings. The molecule has 0 N–H and O–H groups in total. The highest BCUT2D eigenvalue weighted by molar-refractivity contribution is 5.77. The molecule has 1 aliphatic rings. The fraction of sp³-hybridized carbons (Fsp3) is 0.167. The van der Waals surface area contributed by atoms with Crippen molar-refractivity contribution in [2.45, 2.75) is 18.3 Å². The molecule has 2 unspecified atom stereocenters. The predicted octanol–water partition coefficient (Wildman–Crippen LogP) is 3.00. The van der Waals surface area contributed by atoms with Crippen molar-refractivity contribution in [1.29, 1.82) is 5.26 Å². The lowest BCUT2D eigenvalue weighted by Crippen LogP contribution is -2.37. The molecule has 1 aromatic heterocycles. The summed E-state index contributed by atoms with van der Waals surface area (Å²) in [6.45, 7) is 0. The molecule has 26 heavy (non-hydrogen) atoms. The van der Waals surface area contributed by atoms with Gasteiger partial charge in [0.2, 0.25) is 5.82 Å². The number of hydrogen-bond acceptors (Lipinski definition) is 4. The van der Waals surface area contributed by atoms with Crippen molar-refractivity contribution < 1.29 is 13.2 Å². The molecule has 0 aliphatic carbocycles. The SMILES string of the molecule is N#CC1C(c2ccccc2)N1n1c(C(F)(F)F)nc2ccccc2c1=O.